The van der Waals surface area contributed by atoms with E-state index in [1.54, 1.807) is 12.1 Å². The second kappa shape index (κ2) is 8.96. The zero-order valence-corrected chi connectivity index (χ0v) is 22.4. The lowest BCUT2D eigenvalue weighted by Crippen LogP contribution is -2.13. The molecule has 0 saturated carbocycles. The highest BCUT2D eigenvalue weighted by Gasteiger charge is 2.24. The van der Waals surface area contributed by atoms with Crippen LogP contribution in [0.4, 0.5) is 4.39 Å². The van der Waals surface area contributed by atoms with Crippen molar-refractivity contribution in [2.45, 2.75) is 26.2 Å². The van der Waals surface area contributed by atoms with Crippen LogP contribution in [0, 0.1) is 11.7 Å². The van der Waals surface area contributed by atoms with Gasteiger partial charge in [0.1, 0.15) is 5.82 Å². The molecule has 0 spiro atoms. The van der Waals surface area contributed by atoms with Crippen LogP contribution in [0.25, 0.3) is 55.2 Å². The van der Waals surface area contributed by atoms with Crippen LogP contribution < -0.4 is 0 Å². The molecule has 8 rings (SSSR count). The molecule has 194 valence electrons. The van der Waals surface area contributed by atoms with Crippen molar-refractivity contribution in [3.8, 4) is 22.5 Å². The van der Waals surface area contributed by atoms with Gasteiger partial charge in [0.05, 0.1) is 16.6 Å². The summed E-state index contributed by atoms with van der Waals surface area (Å²) in [6.45, 7) is 2.35. The lowest BCUT2D eigenvalue weighted by atomic mass is 9.88. The monoisotopic (exact) mass is 520 g/mol. The van der Waals surface area contributed by atoms with Crippen molar-refractivity contribution in [2.24, 2.45) is 5.92 Å². The Kier molecular flexibility index (Phi) is 5.21. The molecule has 1 atom stereocenters. The Morgan fingerprint density at radius 2 is 1.20 bits per heavy atom. The van der Waals surface area contributed by atoms with Crippen molar-refractivity contribution in [3.05, 3.63) is 132 Å². The minimum atomic E-state index is -0.238. The minimum absolute atomic E-state index is 0.238. The molecule has 0 saturated heterocycles. The maximum Gasteiger partial charge on any atom is 0.125 e. The van der Waals surface area contributed by atoms with Crippen molar-refractivity contribution in [1.29, 1.82) is 0 Å². The number of hydrogen-bond donors (Lipinski definition) is 0. The molecule has 2 aromatic heterocycles. The fraction of sp³-hybridized carbons (Fsp3) is 0.135. The number of aromatic nitrogens is 2. The third kappa shape index (κ3) is 3.54. The van der Waals surface area contributed by atoms with E-state index in [1.165, 1.54) is 39.4 Å². The lowest BCUT2D eigenvalue weighted by Gasteiger charge is -2.21. The molecule has 3 heteroatoms. The Bertz CT molecular complexity index is 2010. The van der Waals surface area contributed by atoms with E-state index in [1.807, 2.05) is 12.1 Å². The molecule has 0 bridgehead atoms. The number of hydrogen-bond acceptors (Lipinski definition) is 0. The van der Waals surface area contributed by atoms with Gasteiger partial charge in [0.15, 0.2) is 0 Å². The fourth-order valence-corrected chi connectivity index (χ4v) is 6.84. The summed E-state index contributed by atoms with van der Waals surface area (Å²) in [5.74, 6) is 0.444. The second-order valence-electron chi connectivity index (χ2n) is 11.2. The molecule has 40 heavy (non-hydrogen) atoms. The topological polar surface area (TPSA) is 9.86 Å². The van der Waals surface area contributed by atoms with Crippen molar-refractivity contribution >= 4 is 32.7 Å². The summed E-state index contributed by atoms with van der Waals surface area (Å²) in [5.41, 5.74) is 10.2. The Morgan fingerprint density at radius 1 is 0.600 bits per heavy atom. The first kappa shape index (κ1) is 23.3. The van der Waals surface area contributed by atoms with E-state index in [-0.39, 0.29) is 5.82 Å². The first-order valence-corrected chi connectivity index (χ1v) is 14.2. The number of benzene rings is 5. The van der Waals surface area contributed by atoms with Crippen molar-refractivity contribution in [3.63, 3.8) is 0 Å². The molecule has 1 aliphatic carbocycles. The normalized spacial score (nSPS) is 15.2. The molecule has 2 heterocycles. The highest BCUT2D eigenvalue weighted by Crippen LogP contribution is 2.37. The van der Waals surface area contributed by atoms with Crippen LogP contribution in [0.15, 0.2) is 115 Å². The van der Waals surface area contributed by atoms with E-state index in [0.717, 1.165) is 46.4 Å². The maximum absolute atomic E-state index is 15.2. The highest BCUT2D eigenvalue weighted by molar-refractivity contribution is 6.09. The maximum atomic E-state index is 15.2. The average Bonchev–Trinajstić information content (AvgIpc) is 3.49. The van der Waals surface area contributed by atoms with Crippen LogP contribution in [0.2, 0.25) is 0 Å². The average molecular weight is 521 g/mol. The molecule has 7 aromatic rings. The van der Waals surface area contributed by atoms with Gasteiger partial charge in [-0.1, -0.05) is 73.7 Å². The van der Waals surface area contributed by atoms with E-state index in [9.17, 15) is 0 Å². The van der Waals surface area contributed by atoms with Crippen LogP contribution in [0.1, 0.15) is 24.6 Å². The van der Waals surface area contributed by atoms with Gasteiger partial charge in [0.25, 0.3) is 0 Å². The van der Waals surface area contributed by atoms with Crippen LogP contribution in [-0.2, 0) is 12.8 Å². The fourth-order valence-electron chi connectivity index (χ4n) is 6.84. The largest absolute Gasteiger partial charge is 0.313 e. The Morgan fingerprint density at radius 3 is 1.88 bits per heavy atom. The van der Waals surface area contributed by atoms with Gasteiger partial charge in [-0.2, -0.15) is 0 Å². The molecule has 1 aliphatic rings. The minimum Gasteiger partial charge on any atom is -0.313 e. The Balaban J connectivity index is 1.25. The summed E-state index contributed by atoms with van der Waals surface area (Å²) < 4.78 is 19.8. The first-order valence-electron chi connectivity index (χ1n) is 14.2. The molecular formula is C37H29FN2. The zero-order valence-electron chi connectivity index (χ0n) is 22.4. The van der Waals surface area contributed by atoms with E-state index < -0.39 is 0 Å². The van der Waals surface area contributed by atoms with E-state index in [0.29, 0.717) is 5.92 Å². The second-order valence-corrected chi connectivity index (χ2v) is 11.2. The number of fused-ring (bicyclic) bond motifs is 6. The number of aryl methyl sites for hydroxylation is 1. The molecule has 5 aromatic carbocycles. The quantitative estimate of drug-likeness (QED) is 0.219. The van der Waals surface area contributed by atoms with E-state index in [2.05, 4.69) is 107 Å². The summed E-state index contributed by atoms with van der Waals surface area (Å²) in [6.07, 6.45) is 3.47. The molecular weight excluding hydrogens is 491 g/mol. The van der Waals surface area contributed by atoms with Crippen LogP contribution in [0.3, 0.4) is 0 Å². The zero-order chi connectivity index (χ0) is 26.8. The molecule has 0 N–H and O–H groups in total. The Labute approximate surface area is 232 Å². The van der Waals surface area contributed by atoms with Crippen molar-refractivity contribution in [1.82, 2.24) is 9.13 Å². The molecule has 0 amide bonds. The molecule has 0 fully saturated rings. The summed E-state index contributed by atoms with van der Waals surface area (Å²) in [5, 5.41) is 3.71. The first-order chi connectivity index (χ1) is 19.7. The molecule has 0 radical (unpaired) electrons. The number of halogens is 1. The van der Waals surface area contributed by atoms with Gasteiger partial charge in [0.2, 0.25) is 0 Å². The van der Waals surface area contributed by atoms with Gasteiger partial charge in [-0.25, -0.2) is 4.39 Å². The summed E-state index contributed by atoms with van der Waals surface area (Å²) in [7, 11) is 0. The van der Waals surface area contributed by atoms with Gasteiger partial charge in [0, 0.05) is 33.2 Å². The van der Waals surface area contributed by atoms with Crippen LogP contribution >= 0.6 is 0 Å². The third-order valence-electron chi connectivity index (χ3n) is 8.70. The highest BCUT2D eigenvalue weighted by atomic mass is 19.1. The number of para-hydroxylation sites is 3. The third-order valence-corrected chi connectivity index (χ3v) is 8.70. The van der Waals surface area contributed by atoms with Crippen LogP contribution in [0.5, 0.6) is 0 Å². The predicted molar refractivity (Wildman–Crippen MR) is 164 cm³/mol. The lowest BCUT2D eigenvalue weighted by molar-refractivity contribution is 0.492. The van der Waals surface area contributed by atoms with Gasteiger partial charge >= 0.3 is 0 Å². The summed E-state index contributed by atoms with van der Waals surface area (Å²) >= 11 is 0. The van der Waals surface area contributed by atoms with Gasteiger partial charge in [-0.05, 0) is 90.4 Å². The standard InChI is InChI=1S/C37H29FN2/c1-24-14-19-33-32-10-4-5-11-34(32)39(37(33)20-24)28-17-15-25(16-18-28)26-21-27(38)23-29(22-26)40-35-12-6-2-8-30(35)31-9-3-7-13-36(31)40/h2-13,15-18,21-24H,14,19-20H2,1H3. The van der Waals surface area contributed by atoms with E-state index >= 15 is 4.39 Å². The number of rotatable bonds is 3. The van der Waals surface area contributed by atoms with Gasteiger partial charge < -0.3 is 9.13 Å². The smallest absolute Gasteiger partial charge is 0.125 e. The SMILES string of the molecule is CC1CCc2c(n(-c3ccc(-c4cc(F)cc(-n5c6ccccc6c6ccccc65)c4)cc3)c3ccccc23)C1. The van der Waals surface area contributed by atoms with Gasteiger partial charge in [-0.15, -0.1) is 0 Å². The van der Waals surface area contributed by atoms with Crippen molar-refractivity contribution < 1.29 is 4.39 Å². The number of nitrogens with zero attached hydrogens (tertiary/aromatic N) is 2. The molecule has 2 nitrogen and oxygen atoms in total. The predicted octanol–water partition coefficient (Wildman–Crippen LogP) is 9.66. The molecule has 1 unspecified atom stereocenters. The Hall–Kier alpha value is -4.63. The summed E-state index contributed by atoms with van der Waals surface area (Å²) in [6, 6.07) is 39.5. The van der Waals surface area contributed by atoms with Gasteiger partial charge in [-0.3, -0.25) is 0 Å². The van der Waals surface area contributed by atoms with E-state index in [4.69, 9.17) is 0 Å². The molecule has 0 aliphatic heterocycles. The van der Waals surface area contributed by atoms with Crippen molar-refractivity contribution in [2.75, 3.05) is 0 Å². The summed E-state index contributed by atoms with van der Waals surface area (Å²) in [4.78, 5) is 0. The van der Waals surface area contributed by atoms with Crippen LogP contribution in [-0.4, -0.2) is 9.13 Å².